The predicted octanol–water partition coefficient (Wildman–Crippen LogP) is 6.64. The quantitative estimate of drug-likeness (QED) is 0.501. The number of hydrogen-bond acceptors (Lipinski definition) is 0. The summed E-state index contributed by atoms with van der Waals surface area (Å²) in [5, 5.41) is 0. The molecule has 0 heteroatoms. The van der Waals surface area contributed by atoms with Crippen molar-refractivity contribution in [2.24, 2.45) is 21.7 Å². The van der Waals surface area contributed by atoms with Crippen LogP contribution in [0.3, 0.4) is 0 Å². The first-order chi connectivity index (χ1) is 10.1. The standard InChI is InChI=1S/C22H32/c1-19(2,3)21(13-9-7-10-14-21)17-18-22(20(4,5)6)15-11-8-12-16-22/h7-13,15,17-18H,14,16H2,1-6H3. The highest BCUT2D eigenvalue weighted by molar-refractivity contribution is 5.31. The van der Waals surface area contributed by atoms with Crippen LogP contribution in [0.1, 0.15) is 54.4 Å². The molecule has 2 aliphatic rings. The second-order valence-corrected chi connectivity index (χ2v) is 8.90. The second kappa shape index (κ2) is 5.72. The van der Waals surface area contributed by atoms with Gasteiger partial charge in [-0.15, -0.1) is 0 Å². The summed E-state index contributed by atoms with van der Waals surface area (Å²) >= 11 is 0. The zero-order chi connectivity index (χ0) is 16.5. The molecule has 2 unspecified atom stereocenters. The largest absolute Gasteiger partial charge is 0.0833 e. The molecule has 0 nitrogen and oxygen atoms in total. The first-order valence-corrected chi connectivity index (χ1v) is 8.51. The summed E-state index contributed by atoms with van der Waals surface area (Å²) in [6, 6.07) is 0. The Hall–Kier alpha value is -1.30. The molecule has 0 saturated carbocycles. The van der Waals surface area contributed by atoms with Gasteiger partial charge in [-0.2, -0.15) is 0 Å². The predicted molar refractivity (Wildman–Crippen MR) is 98.7 cm³/mol. The maximum atomic E-state index is 2.49. The van der Waals surface area contributed by atoms with E-state index in [0.29, 0.717) is 0 Å². The van der Waals surface area contributed by atoms with Gasteiger partial charge in [0.1, 0.15) is 0 Å². The second-order valence-electron chi connectivity index (χ2n) is 8.90. The summed E-state index contributed by atoms with van der Waals surface area (Å²) in [5.74, 6) is 0. The third-order valence-corrected chi connectivity index (χ3v) is 5.66. The molecule has 0 aromatic carbocycles. The molecular formula is C22H32. The smallest absolute Gasteiger partial charge is 0.0147 e. The Bertz CT molecular complexity index is 490. The van der Waals surface area contributed by atoms with E-state index < -0.39 is 0 Å². The van der Waals surface area contributed by atoms with E-state index >= 15 is 0 Å². The lowest BCUT2D eigenvalue weighted by Gasteiger charge is -2.45. The summed E-state index contributed by atoms with van der Waals surface area (Å²) in [6.07, 6.45) is 25.3. The van der Waals surface area contributed by atoms with Gasteiger partial charge in [0.15, 0.2) is 0 Å². The van der Waals surface area contributed by atoms with Crippen LogP contribution in [0.2, 0.25) is 0 Å². The third kappa shape index (κ3) is 3.07. The van der Waals surface area contributed by atoms with Crippen LogP contribution < -0.4 is 0 Å². The van der Waals surface area contributed by atoms with Crippen molar-refractivity contribution in [2.45, 2.75) is 54.4 Å². The van der Waals surface area contributed by atoms with Gasteiger partial charge in [0, 0.05) is 10.8 Å². The fourth-order valence-electron chi connectivity index (χ4n) is 3.43. The van der Waals surface area contributed by atoms with Crippen molar-refractivity contribution in [3.63, 3.8) is 0 Å². The van der Waals surface area contributed by atoms with E-state index in [9.17, 15) is 0 Å². The fraction of sp³-hybridized carbons (Fsp3) is 0.545. The molecule has 2 aliphatic carbocycles. The molecule has 0 aromatic heterocycles. The van der Waals surface area contributed by atoms with Gasteiger partial charge in [-0.05, 0) is 23.7 Å². The molecule has 0 heterocycles. The summed E-state index contributed by atoms with van der Waals surface area (Å²) in [5.41, 5.74) is 0.625. The fourth-order valence-corrected chi connectivity index (χ4v) is 3.43. The first kappa shape index (κ1) is 17.1. The average molecular weight is 296 g/mol. The Labute approximate surface area is 137 Å². The molecule has 0 aromatic rings. The molecule has 0 radical (unpaired) electrons. The maximum Gasteiger partial charge on any atom is 0.0147 e. The Morgan fingerprint density at radius 2 is 1.00 bits per heavy atom. The van der Waals surface area contributed by atoms with Crippen molar-refractivity contribution in [3.05, 3.63) is 60.8 Å². The van der Waals surface area contributed by atoms with Crippen molar-refractivity contribution in [2.75, 3.05) is 0 Å². The van der Waals surface area contributed by atoms with Gasteiger partial charge in [0.05, 0.1) is 0 Å². The van der Waals surface area contributed by atoms with E-state index in [1.54, 1.807) is 0 Å². The normalized spacial score (nSPS) is 32.1. The Morgan fingerprint density at radius 1 is 0.636 bits per heavy atom. The van der Waals surface area contributed by atoms with E-state index in [1.165, 1.54) is 0 Å². The van der Waals surface area contributed by atoms with Crippen molar-refractivity contribution in [3.8, 4) is 0 Å². The van der Waals surface area contributed by atoms with Gasteiger partial charge < -0.3 is 0 Å². The molecule has 2 atom stereocenters. The highest BCUT2D eigenvalue weighted by Crippen LogP contribution is 2.50. The van der Waals surface area contributed by atoms with E-state index in [2.05, 4.69) is 102 Å². The van der Waals surface area contributed by atoms with Gasteiger partial charge in [0.2, 0.25) is 0 Å². The highest BCUT2D eigenvalue weighted by Gasteiger charge is 2.41. The third-order valence-electron chi connectivity index (χ3n) is 5.66. The summed E-state index contributed by atoms with van der Waals surface area (Å²) in [4.78, 5) is 0. The van der Waals surface area contributed by atoms with E-state index in [1.807, 2.05) is 0 Å². The molecule has 0 saturated heterocycles. The lowest BCUT2D eigenvalue weighted by molar-refractivity contribution is 0.186. The minimum Gasteiger partial charge on any atom is -0.0833 e. The molecule has 0 bridgehead atoms. The number of allylic oxidation sites excluding steroid dienone is 10. The molecule has 0 fully saturated rings. The Morgan fingerprint density at radius 3 is 1.23 bits per heavy atom. The number of hydrogen-bond donors (Lipinski definition) is 0. The number of rotatable bonds is 2. The van der Waals surface area contributed by atoms with Crippen LogP contribution in [0.15, 0.2) is 60.8 Å². The van der Waals surface area contributed by atoms with Crippen molar-refractivity contribution >= 4 is 0 Å². The molecule has 2 rings (SSSR count). The van der Waals surface area contributed by atoms with Crippen LogP contribution in [0.4, 0.5) is 0 Å². The SMILES string of the molecule is CC(C)(C)C1(C=CC2(C(C)(C)C)C=CC=CC2)C=CC=CC1. The highest BCUT2D eigenvalue weighted by atomic mass is 14.4. The van der Waals surface area contributed by atoms with Crippen LogP contribution in [-0.4, -0.2) is 0 Å². The monoisotopic (exact) mass is 296 g/mol. The van der Waals surface area contributed by atoms with Crippen LogP contribution in [0.5, 0.6) is 0 Å². The van der Waals surface area contributed by atoms with Crippen molar-refractivity contribution in [1.29, 1.82) is 0 Å². The van der Waals surface area contributed by atoms with Gasteiger partial charge >= 0.3 is 0 Å². The molecule has 0 spiro atoms. The molecule has 22 heavy (non-hydrogen) atoms. The van der Waals surface area contributed by atoms with Crippen LogP contribution in [0, 0.1) is 21.7 Å². The topological polar surface area (TPSA) is 0 Å². The molecule has 0 amide bonds. The minimum atomic E-state index is 0.106. The Balaban J connectivity index is 2.42. The van der Waals surface area contributed by atoms with Crippen LogP contribution in [-0.2, 0) is 0 Å². The van der Waals surface area contributed by atoms with Gasteiger partial charge in [-0.3, -0.25) is 0 Å². The zero-order valence-electron chi connectivity index (χ0n) is 15.2. The van der Waals surface area contributed by atoms with Gasteiger partial charge in [-0.25, -0.2) is 0 Å². The van der Waals surface area contributed by atoms with E-state index in [-0.39, 0.29) is 21.7 Å². The molecule has 0 N–H and O–H groups in total. The van der Waals surface area contributed by atoms with Crippen LogP contribution in [0.25, 0.3) is 0 Å². The lowest BCUT2D eigenvalue weighted by atomic mass is 9.59. The molecular weight excluding hydrogens is 264 g/mol. The minimum absolute atomic E-state index is 0.106. The molecule has 120 valence electrons. The summed E-state index contributed by atoms with van der Waals surface area (Å²) < 4.78 is 0. The van der Waals surface area contributed by atoms with Crippen molar-refractivity contribution < 1.29 is 0 Å². The first-order valence-electron chi connectivity index (χ1n) is 8.51. The summed E-state index contributed by atoms with van der Waals surface area (Å²) in [6.45, 7) is 14.1. The Kier molecular flexibility index (Phi) is 4.44. The van der Waals surface area contributed by atoms with Gasteiger partial charge in [0.25, 0.3) is 0 Å². The van der Waals surface area contributed by atoms with Gasteiger partial charge in [-0.1, -0.05) is 102 Å². The maximum absolute atomic E-state index is 2.49. The van der Waals surface area contributed by atoms with E-state index in [0.717, 1.165) is 12.8 Å². The molecule has 0 aliphatic heterocycles. The lowest BCUT2D eigenvalue weighted by Crippen LogP contribution is -2.36. The average Bonchev–Trinajstić information content (AvgIpc) is 2.45. The van der Waals surface area contributed by atoms with Crippen molar-refractivity contribution in [1.82, 2.24) is 0 Å². The zero-order valence-corrected chi connectivity index (χ0v) is 15.2. The van der Waals surface area contributed by atoms with E-state index in [4.69, 9.17) is 0 Å². The van der Waals surface area contributed by atoms with Crippen LogP contribution >= 0.6 is 0 Å². The summed E-state index contributed by atoms with van der Waals surface area (Å²) in [7, 11) is 0.